The van der Waals surface area contributed by atoms with Gasteiger partial charge in [0.2, 0.25) is 5.91 Å². The van der Waals surface area contributed by atoms with Gasteiger partial charge in [-0.15, -0.1) is 0 Å². The van der Waals surface area contributed by atoms with E-state index < -0.39 is 23.8 Å². The van der Waals surface area contributed by atoms with Crippen LogP contribution in [0.5, 0.6) is 0 Å². The first-order chi connectivity index (χ1) is 15.6. The average molecular weight is 441 g/mol. The highest BCUT2D eigenvalue weighted by Crippen LogP contribution is 2.33. The number of carbonyl (C=O) groups excluding carboxylic acids is 2. The minimum Gasteiger partial charge on any atom is -0.481 e. The number of hydrazone groups is 1. The number of likely N-dealkylation sites (tertiary alicyclic amines) is 1. The van der Waals surface area contributed by atoms with Crippen LogP contribution in [0.3, 0.4) is 0 Å². The molecule has 32 heavy (non-hydrogen) atoms. The van der Waals surface area contributed by atoms with Gasteiger partial charge in [0, 0.05) is 12.1 Å². The molecule has 8 heteroatoms. The minimum atomic E-state index is -1.30. The van der Waals surface area contributed by atoms with E-state index >= 15 is 0 Å². The van der Waals surface area contributed by atoms with Gasteiger partial charge in [-0.2, -0.15) is 5.10 Å². The van der Waals surface area contributed by atoms with Gasteiger partial charge in [-0.1, -0.05) is 56.7 Å². The van der Waals surface area contributed by atoms with Crippen molar-refractivity contribution in [3.63, 3.8) is 0 Å². The quantitative estimate of drug-likeness (QED) is 0.589. The van der Waals surface area contributed by atoms with Crippen molar-refractivity contribution in [1.29, 1.82) is 0 Å². The Hall–Kier alpha value is -2.90. The maximum Gasteiger partial charge on any atom is 0.315 e. The normalized spacial score (nSPS) is 26.3. The summed E-state index contributed by atoms with van der Waals surface area (Å²) in [6, 6.07) is 7.90. The second kappa shape index (κ2) is 10.1. The van der Waals surface area contributed by atoms with Gasteiger partial charge in [0.05, 0.1) is 5.69 Å². The van der Waals surface area contributed by atoms with Gasteiger partial charge in [0.25, 0.3) is 5.91 Å². The standard InChI is InChI=1S/C24H32N4O4/c29-22(25-16-10-4-1-5-11-16)21-19(24(31)32)20(27-26-17-12-6-2-7-13-17)23(30)28(21)18-14-8-3-9-15-18/h2,6-7,12-13,16,18-19,21,26H,1,3-5,8-11,14-15H2,(H,25,29)(H,31,32)/b27-20-. The summed E-state index contributed by atoms with van der Waals surface area (Å²) in [5, 5.41) is 17.3. The van der Waals surface area contributed by atoms with Crippen molar-refractivity contribution >= 4 is 29.2 Å². The van der Waals surface area contributed by atoms with E-state index in [4.69, 9.17) is 0 Å². The van der Waals surface area contributed by atoms with E-state index in [2.05, 4.69) is 15.8 Å². The number of aliphatic carboxylic acids is 1. The Morgan fingerprint density at radius 1 is 0.938 bits per heavy atom. The van der Waals surface area contributed by atoms with Crippen molar-refractivity contribution in [2.45, 2.75) is 82.3 Å². The molecule has 1 heterocycles. The van der Waals surface area contributed by atoms with E-state index in [1.54, 1.807) is 12.1 Å². The SMILES string of the molecule is O=C(O)C1/C(=N/Nc2ccccc2)C(=O)N(C2CCCCC2)C1C(=O)NC1CCCCC1. The van der Waals surface area contributed by atoms with E-state index in [0.717, 1.165) is 64.2 Å². The predicted octanol–water partition coefficient (Wildman–Crippen LogP) is 3.15. The molecule has 8 nitrogen and oxygen atoms in total. The third-order valence-corrected chi connectivity index (χ3v) is 6.90. The highest BCUT2D eigenvalue weighted by Gasteiger charge is 2.55. The van der Waals surface area contributed by atoms with Crippen LogP contribution in [0, 0.1) is 5.92 Å². The van der Waals surface area contributed by atoms with Crippen molar-refractivity contribution < 1.29 is 19.5 Å². The largest absolute Gasteiger partial charge is 0.481 e. The van der Waals surface area contributed by atoms with Gasteiger partial charge < -0.3 is 15.3 Å². The molecule has 1 aliphatic heterocycles. The van der Waals surface area contributed by atoms with Gasteiger partial charge >= 0.3 is 5.97 Å². The van der Waals surface area contributed by atoms with Crippen molar-refractivity contribution in [3.8, 4) is 0 Å². The van der Waals surface area contributed by atoms with E-state index in [9.17, 15) is 19.5 Å². The fourth-order valence-electron chi connectivity index (χ4n) is 5.27. The van der Waals surface area contributed by atoms with Gasteiger partial charge in [-0.05, 0) is 37.8 Å². The molecule has 2 atom stereocenters. The number of anilines is 1. The number of carbonyl (C=O) groups is 3. The monoisotopic (exact) mass is 440 g/mol. The number of carboxylic acid groups (broad SMARTS) is 1. The van der Waals surface area contributed by atoms with Crippen LogP contribution in [0.1, 0.15) is 64.2 Å². The Labute approximate surface area is 188 Å². The zero-order valence-electron chi connectivity index (χ0n) is 18.3. The molecule has 172 valence electrons. The summed E-state index contributed by atoms with van der Waals surface area (Å²) < 4.78 is 0. The Balaban J connectivity index is 1.64. The molecule has 0 radical (unpaired) electrons. The maximum absolute atomic E-state index is 13.5. The predicted molar refractivity (Wildman–Crippen MR) is 121 cm³/mol. The molecule has 0 bridgehead atoms. The molecule has 0 spiro atoms. The molecule has 3 N–H and O–H groups in total. The second-order valence-electron chi connectivity index (χ2n) is 9.08. The number of carboxylic acids is 1. The lowest BCUT2D eigenvalue weighted by atomic mass is 9.91. The van der Waals surface area contributed by atoms with Crippen LogP contribution in [0.25, 0.3) is 0 Å². The lowest BCUT2D eigenvalue weighted by Crippen LogP contribution is -2.54. The number of amides is 2. The fraction of sp³-hybridized carbons (Fsp3) is 0.583. The highest BCUT2D eigenvalue weighted by atomic mass is 16.4. The van der Waals surface area contributed by atoms with Crippen molar-refractivity contribution in [3.05, 3.63) is 30.3 Å². The number of benzene rings is 1. The lowest BCUT2D eigenvalue weighted by Gasteiger charge is -2.36. The molecule has 1 saturated heterocycles. The molecular formula is C24H32N4O4. The van der Waals surface area contributed by atoms with Crippen molar-refractivity contribution in [2.24, 2.45) is 11.0 Å². The van der Waals surface area contributed by atoms with Crippen LogP contribution in [0.15, 0.2) is 35.4 Å². The molecule has 4 rings (SSSR count). The van der Waals surface area contributed by atoms with Crippen molar-refractivity contribution in [2.75, 3.05) is 5.43 Å². The Bertz CT molecular complexity index is 860. The zero-order valence-corrected chi connectivity index (χ0v) is 18.3. The first-order valence-electron chi connectivity index (χ1n) is 11.8. The number of rotatable bonds is 6. The number of nitrogens with zero attached hydrogens (tertiary/aromatic N) is 2. The van der Waals surface area contributed by atoms with E-state index in [-0.39, 0.29) is 23.7 Å². The number of para-hydroxylation sites is 1. The molecule has 3 fully saturated rings. The number of hydrogen-bond donors (Lipinski definition) is 3. The van der Waals surface area contributed by atoms with Crippen LogP contribution in [-0.4, -0.2) is 51.6 Å². The zero-order chi connectivity index (χ0) is 22.5. The van der Waals surface area contributed by atoms with Crippen LogP contribution >= 0.6 is 0 Å². The maximum atomic E-state index is 13.5. The average Bonchev–Trinajstić information content (AvgIpc) is 3.12. The van der Waals surface area contributed by atoms with E-state index in [1.165, 1.54) is 4.90 Å². The van der Waals surface area contributed by atoms with Gasteiger partial charge in [-0.3, -0.25) is 19.8 Å². The van der Waals surface area contributed by atoms with Crippen LogP contribution in [0.4, 0.5) is 5.69 Å². The molecule has 1 aromatic rings. The Morgan fingerprint density at radius 3 is 2.19 bits per heavy atom. The lowest BCUT2D eigenvalue weighted by molar-refractivity contribution is -0.146. The molecule has 1 aromatic carbocycles. The highest BCUT2D eigenvalue weighted by molar-refractivity contribution is 6.46. The third-order valence-electron chi connectivity index (χ3n) is 6.90. The summed E-state index contributed by atoms with van der Waals surface area (Å²) >= 11 is 0. The third kappa shape index (κ3) is 4.79. The molecule has 3 aliphatic rings. The molecule has 2 saturated carbocycles. The van der Waals surface area contributed by atoms with Gasteiger partial charge in [0.15, 0.2) is 0 Å². The summed E-state index contributed by atoms with van der Waals surface area (Å²) in [5.41, 5.74) is 3.36. The fourth-order valence-corrected chi connectivity index (χ4v) is 5.27. The molecule has 0 aromatic heterocycles. The molecule has 2 unspecified atom stereocenters. The van der Waals surface area contributed by atoms with Crippen LogP contribution in [-0.2, 0) is 14.4 Å². The second-order valence-corrected chi connectivity index (χ2v) is 9.08. The first-order valence-corrected chi connectivity index (χ1v) is 11.8. The summed E-state index contributed by atoms with van der Waals surface area (Å²) in [7, 11) is 0. The number of nitrogens with one attached hydrogen (secondary N) is 2. The van der Waals surface area contributed by atoms with Crippen molar-refractivity contribution in [1.82, 2.24) is 10.2 Å². The van der Waals surface area contributed by atoms with E-state index in [0.29, 0.717) is 5.69 Å². The summed E-state index contributed by atoms with van der Waals surface area (Å²) in [6.45, 7) is 0. The molecule has 2 amide bonds. The van der Waals surface area contributed by atoms with Gasteiger partial charge in [0.1, 0.15) is 17.7 Å². The first kappa shape index (κ1) is 22.3. The van der Waals surface area contributed by atoms with Crippen LogP contribution in [0.2, 0.25) is 0 Å². The Kier molecular flexibility index (Phi) is 7.07. The topological polar surface area (TPSA) is 111 Å². The summed E-state index contributed by atoms with van der Waals surface area (Å²) in [5.74, 6) is -3.32. The molecular weight excluding hydrogens is 408 g/mol. The summed E-state index contributed by atoms with van der Waals surface area (Å²) in [6.07, 6.45) is 9.64. The molecule has 2 aliphatic carbocycles. The van der Waals surface area contributed by atoms with Gasteiger partial charge in [-0.25, -0.2) is 0 Å². The van der Waals surface area contributed by atoms with Crippen LogP contribution < -0.4 is 10.7 Å². The smallest absolute Gasteiger partial charge is 0.315 e. The van der Waals surface area contributed by atoms with E-state index in [1.807, 2.05) is 18.2 Å². The summed E-state index contributed by atoms with van der Waals surface area (Å²) in [4.78, 5) is 40.7. The number of hydrogen-bond acceptors (Lipinski definition) is 5. The Morgan fingerprint density at radius 2 is 1.56 bits per heavy atom. The minimum absolute atomic E-state index is 0.0393.